The van der Waals surface area contributed by atoms with E-state index in [0.717, 1.165) is 0 Å². The maximum Gasteiger partial charge on any atom is 0.208 e. The van der Waals surface area contributed by atoms with Crippen molar-refractivity contribution in [2.24, 2.45) is 0 Å². The van der Waals surface area contributed by atoms with Crippen LogP contribution in [0.5, 0.6) is 5.75 Å². The van der Waals surface area contributed by atoms with Crippen LogP contribution in [0.3, 0.4) is 0 Å². The summed E-state index contributed by atoms with van der Waals surface area (Å²) in [4.78, 5) is 21.3. The molecule has 104 valence electrons. The van der Waals surface area contributed by atoms with Gasteiger partial charge in [-0.15, -0.1) is 0 Å². The smallest absolute Gasteiger partial charge is 0.208 e. The lowest BCUT2D eigenvalue weighted by molar-refractivity contribution is -0.479. The SMILES string of the molecule is CCOc1c(C(C)=O)cc(Cl)c(F)c1CC[N+](=O)[O-]. The summed E-state index contributed by atoms with van der Waals surface area (Å²) < 4.78 is 19.2. The molecule has 1 rings (SSSR count). The minimum Gasteiger partial charge on any atom is -0.493 e. The van der Waals surface area contributed by atoms with E-state index in [0.29, 0.717) is 0 Å². The average Bonchev–Trinajstić information content (AvgIpc) is 2.32. The molecule has 0 spiro atoms. The van der Waals surface area contributed by atoms with Gasteiger partial charge in [-0.25, -0.2) is 4.39 Å². The van der Waals surface area contributed by atoms with Crippen LogP contribution in [0.4, 0.5) is 4.39 Å². The van der Waals surface area contributed by atoms with Crippen molar-refractivity contribution < 1.29 is 18.8 Å². The van der Waals surface area contributed by atoms with Crippen molar-refractivity contribution in [1.29, 1.82) is 0 Å². The van der Waals surface area contributed by atoms with Crippen LogP contribution in [-0.4, -0.2) is 23.9 Å². The molecule has 1 aromatic carbocycles. The summed E-state index contributed by atoms with van der Waals surface area (Å²) in [7, 11) is 0. The molecule has 0 radical (unpaired) electrons. The molecule has 0 saturated heterocycles. The van der Waals surface area contributed by atoms with Crippen molar-refractivity contribution in [1.82, 2.24) is 0 Å². The van der Waals surface area contributed by atoms with E-state index >= 15 is 0 Å². The Morgan fingerprint density at radius 1 is 1.58 bits per heavy atom. The van der Waals surface area contributed by atoms with Gasteiger partial charge in [0.1, 0.15) is 11.6 Å². The quantitative estimate of drug-likeness (QED) is 0.459. The molecule has 0 aliphatic rings. The Balaban J connectivity index is 3.37. The van der Waals surface area contributed by atoms with Gasteiger partial charge < -0.3 is 4.74 Å². The first kappa shape index (κ1) is 15.4. The minimum atomic E-state index is -0.781. The number of ketones is 1. The van der Waals surface area contributed by atoms with E-state index in [1.54, 1.807) is 6.92 Å². The van der Waals surface area contributed by atoms with Crippen LogP contribution in [0.25, 0.3) is 0 Å². The second kappa shape index (κ2) is 6.47. The van der Waals surface area contributed by atoms with Gasteiger partial charge in [0.15, 0.2) is 5.78 Å². The molecule has 0 aromatic heterocycles. The minimum absolute atomic E-state index is 0.0312. The Bertz CT molecular complexity index is 519. The number of hydrogen-bond acceptors (Lipinski definition) is 4. The Labute approximate surface area is 114 Å². The normalized spacial score (nSPS) is 10.3. The van der Waals surface area contributed by atoms with E-state index in [4.69, 9.17) is 16.3 Å². The van der Waals surface area contributed by atoms with Crippen LogP contribution in [0.2, 0.25) is 5.02 Å². The number of benzene rings is 1. The molecule has 0 aliphatic carbocycles. The number of carbonyl (C=O) groups is 1. The molecular formula is C12H13ClFNO4. The number of hydrogen-bond donors (Lipinski definition) is 0. The van der Waals surface area contributed by atoms with Crippen molar-refractivity contribution in [3.63, 3.8) is 0 Å². The summed E-state index contributed by atoms with van der Waals surface area (Å²) >= 11 is 5.70. The molecule has 0 amide bonds. The second-order valence-corrected chi connectivity index (χ2v) is 4.23. The summed E-state index contributed by atoms with van der Waals surface area (Å²) in [6.45, 7) is 2.72. The Morgan fingerprint density at radius 2 is 2.21 bits per heavy atom. The monoisotopic (exact) mass is 289 g/mol. The standard InChI is InChI=1S/C12H13ClFNO4/c1-3-19-12-8(4-5-15(17)18)11(14)10(13)6-9(12)7(2)16/h6H,3-5H2,1-2H3. The van der Waals surface area contributed by atoms with Crippen LogP contribution < -0.4 is 4.74 Å². The Hall–Kier alpha value is -1.69. The molecule has 0 fully saturated rings. The second-order valence-electron chi connectivity index (χ2n) is 3.82. The van der Waals surface area contributed by atoms with E-state index < -0.39 is 17.3 Å². The number of nitrogens with zero attached hydrogens (tertiary/aromatic N) is 1. The van der Waals surface area contributed by atoms with Gasteiger partial charge in [0.2, 0.25) is 6.54 Å². The van der Waals surface area contributed by atoms with Crippen molar-refractivity contribution in [3.05, 3.63) is 38.1 Å². The third kappa shape index (κ3) is 3.64. The average molecular weight is 290 g/mol. The van der Waals surface area contributed by atoms with Crippen LogP contribution in [0.15, 0.2) is 6.07 Å². The number of rotatable bonds is 6. The zero-order valence-electron chi connectivity index (χ0n) is 10.5. The molecule has 0 aliphatic heterocycles. The molecule has 7 heteroatoms. The summed E-state index contributed by atoms with van der Waals surface area (Å²) in [6, 6.07) is 1.18. The van der Waals surface area contributed by atoms with Gasteiger partial charge in [-0.2, -0.15) is 0 Å². The van der Waals surface area contributed by atoms with Gasteiger partial charge in [-0.1, -0.05) is 11.6 Å². The number of carbonyl (C=O) groups excluding carboxylic acids is 1. The molecular weight excluding hydrogens is 277 g/mol. The van der Waals surface area contributed by atoms with Gasteiger partial charge in [-0.05, 0) is 19.9 Å². The van der Waals surface area contributed by atoms with Gasteiger partial charge in [0.25, 0.3) is 0 Å². The third-order valence-electron chi connectivity index (χ3n) is 2.48. The van der Waals surface area contributed by atoms with E-state index in [1.165, 1.54) is 13.0 Å². The molecule has 0 unspecified atom stereocenters. The van der Waals surface area contributed by atoms with Crippen LogP contribution in [0, 0.1) is 15.9 Å². The van der Waals surface area contributed by atoms with Gasteiger partial charge in [0, 0.05) is 16.9 Å². The van der Waals surface area contributed by atoms with Crippen LogP contribution in [0.1, 0.15) is 29.8 Å². The molecule has 0 N–H and O–H groups in total. The Morgan fingerprint density at radius 3 is 2.68 bits per heavy atom. The van der Waals surface area contributed by atoms with Crippen molar-refractivity contribution in [3.8, 4) is 5.75 Å². The first-order chi connectivity index (χ1) is 8.88. The molecule has 0 heterocycles. The van der Waals surface area contributed by atoms with E-state index in [9.17, 15) is 19.3 Å². The lowest BCUT2D eigenvalue weighted by Gasteiger charge is -2.14. The molecule has 19 heavy (non-hydrogen) atoms. The third-order valence-corrected chi connectivity index (χ3v) is 2.75. The van der Waals surface area contributed by atoms with E-state index in [2.05, 4.69) is 0 Å². The lowest BCUT2D eigenvalue weighted by atomic mass is 10.0. The van der Waals surface area contributed by atoms with Crippen molar-refractivity contribution in [2.75, 3.05) is 13.2 Å². The highest BCUT2D eigenvalue weighted by Crippen LogP contribution is 2.32. The van der Waals surface area contributed by atoms with Crippen molar-refractivity contribution >= 4 is 17.4 Å². The van der Waals surface area contributed by atoms with E-state index in [1.807, 2.05) is 0 Å². The number of halogens is 2. The van der Waals surface area contributed by atoms with Gasteiger partial charge in [0.05, 0.1) is 17.2 Å². The van der Waals surface area contributed by atoms with Crippen LogP contribution >= 0.6 is 11.6 Å². The topological polar surface area (TPSA) is 69.4 Å². The number of Topliss-reactive ketones (excluding diaryl/α,β-unsaturated/α-hetero) is 1. The maximum atomic E-state index is 13.9. The largest absolute Gasteiger partial charge is 0.493 e. The maximum absolute atomic E-state index is 13.9. The van der Waals surface area contributed by atoms with E-state index in [-0.39, 0.29) is 40.7 Å². The fourth-order valence-electron chi connectivity index (χ4n) is 1.66. The zero-order valence-corrected chi connectivity index (χ0v) is 11.3. The van der Waals surface area contributed by atoms with Crippen molar-refractivity contribution in [2.45, 2.75) is 20.3 Å². The zero-order chi connectivity index (χ0) is 14.6. The predicted molar refractivity (Wildman–Crippen MR) is 68.1 cm³/mol. The van der Waals surface area contributed by atoms with Gasteiger partial charge in [-0.3, -0.25) is 14.9 Å². The molecule has 1 aromatic rings. The highest BCUT2D eigenvalue weighted by Gasteiger charge is 2.22. The molecule has 0 saturated carbocycles. The first-order valence-electron chi connectivity index (χ1n) is 5.64. The summed E-state index contributed by atoms with van der Waals surface area (Å²) in [6.07, 6.45) is -0.186. The summed E-state index contributed by atoms with van der Waals surface area (Å²) in [5, 5.41) is 10.2. The summed E-state index contributed by atoms with van der Waals surface area (Å²) in [5.41, 5.74) is 0.0999. The lowest BCUT2D eigenvalue weighted by Crippen LogP contribution is -2.11. The summed E-state index contributed by atoms with van der Waals surface area (Å²) in [5.74, 6) is -1.08. The molecule has 5 nitrogen and oxygen atoms in total. The number of ether oxygens (including phenoxy) is 1. The number of nitro groups is 1. The predicted octanol–water partition coefficient (Wildman–Crippen LogP) is 2.90. The van der Waals surface area contributed by atoms with Gasteiger partial charge >= 0.3 is 0 Å². The van der Waals surface area contributed by atoms with Crippen LogP contribution in [-0.2, 0) is 6.42 Å². The molecule has 0 atom stereocenters. The first-order valence-corrected chi connectivity index (χ1v) is 6.02. The fourth-order valence-corrected chi connectivity index (χ4v) is 1.88. The molecule has 0 bridgehead atoms. The fraction of sp³-hybridized carbons (Fsp3) is 0.417. The highest BCUT2D eigenvalue weighted by molar-refractivity contribution is 6.31. The Kier molecular flexibility index (Phi) is 5.23. The highest BCUT2D eigenvalue weighted by atomic mass is 35.5.